The third-order valence-corrected chi connectivity index (χ3v) is 4.27. The van der Waals surface area contributed by atoms with E-state index in [2.05, 4.69) is 10.3 Å². The van der Waals surface area contributed by atoms with Crippen LogP contribution >= 0.6 is 11.6 Å². The van der Waals surface area contributed by atoms with E-state index >= 15 is 0 Å². The van der Waals surface area contributed by atoms with E-state index in [4.69, 9.17) is 21.1 Å². The summed E-state index contributed by atoms with van der Waals surface area (Å²) in [4.78, 5) is 17.9. The van der Waals surface area contributed by atoms with Crippen molar-refractivity contribution < 1.29 is 14.3 Å². The Bertz CT molecular complexity index is 718. The predicted molar refractivity (Wildman–Crippen MR) is 95.3 cm³/mol. The number of carbonyl (C=O) groups excluding carboxylic acids is 1. The van der Waals surface area contributed by atoms with E-state index in [0.717, 1.165) is 17.7 Å². The highest BCUT2D eigenvalue weighted by atomic mass is 35.5. The molecule has 0 aliphatic carbocycles. The molecule has 1 aliphatic rings. The smallest absolute Gasteiger partial charge is 0.317 e. The number of rotatable bonds is 6. The zero-order valence-electron chi connectivity index (χ0n) is 13.9. The van der Waals surface area contributed by atoms with Crippen molar-refractivity contribution in [1.82, 2.24) is 15.2 Å². The predicted octanol–water partition coefficient (Wildman–Crippen LogP) is 2.76. The number of nitrogens with zero attached hydrogens (tertiary/aromatic N) is 2. The number of nitrogens with one attached hydrogen (secondary N) is 1. The van der Waals surface area contributed by atoms with Crippen LogP contribution in [0.3, 0.4) is 0 Å². The molecule has 1 fully saturated rings. The number of amides is 2. The third-order valence-electron chi connectivity index (χ3n) is 3.99. The van der Waals surface area contributed by atoms with E-state index in [0.29, 0.717) is 30.5 Å². The standard InChI is InChI=1S/C18H20ClN3O3/c1-24-14-6-4-13(5-7-14)8-10-21-18(23)22-11-15(12-22)25-17-16(19)3-2-9-20-17/h2-7,9,15H,8,10-12H2,1H3,(H,21,23). The lowest BCUT2D eigenvalue weighted by molar-refractivity contribution is 0.0416. The summed E-state index contributed by atoms with van der Waals surface area (Å²) >= 11 is 6.01. The van der Waals surface area contributed by atoms with Crippen LogP contribution < -0.4 is 14.8 Å². The quantitative estimate of drug-likeness (QED) is 0.859. The van der Waals surface area contributed by atoms with Gasteiger partial charge in [-0.1, -0.05) is 23.7 Å². The number of likely N-dealkylation sites (tertiary alicyclic amines) is 1. The van der Waals surface area contributed by atoms with Crippen LogP contribution in [0.25, 0.3) is 0 Å². The second-order valence-electron chi connectivity index (χ2n) is 5.77. The normalized spacial score (nSPS) is 13.9. The number of pyridine rings is 1. The van der Waals surface area contributed by atoms with E-state index in [-0.39, 0.29) is 12.1 Å². The summed E-state index contributed by atoms with van der Waals surface area (Å²) in [5.74, 6) is 1.24. The minimum absolute atomic E-state index is 0.0697. The zero-order valence-corrected chi connectivity index (χ0v) is 14.7. The molecular weight excluding hydrogens is 342 g/mol. The Kier molecular flexibility index (Phi) is 5.60. The molecule has 3 rings (SSSR count). The molecule has 1 N–H and O–H groups in total. The van der Waals surface area contributed by atoms with Crippen molar-refractivity contribution in [3.63, 3.8) is 0 Å². The van der Waals surface area contributed by atoms with E-state index in [9.17, 15) is 4.79 Å². The number of carbonyl (C=O) groups is 1. The lowest BCUT2D eigenvalue weighted by Gasteiger charge is -2.38. The second-order valence-corrected chi connectivity index (χ2v) is 6.17. The lowest BCUT2D eigenvalue weighted by atomic mass is 10.1. The number of hydrogen-bond donors (Lipinski definition) is 1. The van der Waals surface area contributed by atoms with Gasteiger partial charge in [-0.15, -0.1) is 0 Å². The average molecular weight is 362 g/mol. The molecule has 2 amide bonds. The number of halogens is 1. The molecular formula is C18H20ClN3O3. The number of methoxy groups -OCH3 is 1. The van der Waals surface area contributed by atoms with Crippen LogP contribution in [0.2, 0.25) is 5.02 Å². The van der Waals surface area contributed by atoms with Crippen molar-refractivity contribution in [1.29, 1.82) is 0 Å². The first-order valence-corrected chi connectivity index (χ1v) is 8.46. The van der Waals surface area contributed by atoms with Crippen LogP contribution in [0.5, 0.6) is 11.6 Å². The summed E-state index contributed by atoms with van der Waals surface area (Å²) in [6.07, 6.45) is 2.33. The summed E-state index contributed by atoms with van der Waals surface area (Å²) in [5.41, 5.74) is 1.15. The highest BCUT2D eigenvalue weighted by Gasteiger charge is 2.32. The van der Waals surface area contributed by atoms with E-state index in [1.165, 1.54) is 0 Å². The Hall–Kier alpha value is -2.47. The summed E-state index contributed by atoms with van der Waals surface area (Å²) in [5, 5.41) is 3.39. The molecule has 1 saturated heterocycles. The molecule has 0 atom stereocenters. The maximum absolute atomic E-state index is 12.1. The van der Waals surface area contributed by atoms with Crippen molar-refractivity contribution in [2.45, 2.75) is 12.5 Å². The van der Waals surface area contributed by atoms with Gasteiger partial charge in [-0.3, -0.25) is 0 Å². The first kappa shape index (κ1) is 17.4. The monoisotopic (exact) mass is 361 g/mol. The van der Waals surface area contributed by atoms with E-state index < -0.39 is 0 Å². The van der Waals surface area contributed by atoms with Gasteiger partial charge in [0.1, 0.15) is 16.9 Å². The Morgan fingerprint density at radius 1 is 1.32 bits per heavy atom. The molecule has 1 aromatic heterocycles. The molecule has 6 nitrogen and oxygen atoms in total. The minimum Gasteiger partial charge on any atom is -0.497 e. The largest absolute Gasteiger partial charge is 0.497 e. The minimum atomic E-state index is -0.0829. The molecule has 0 radical (unpaired) electrons. The molecule has 0 bridgehead atoms. The molecule has 1 aliphatic heterocycles. The number of hydrogen-bond acceptors (Lipinski definition) is 4. The van der Waals surface area contributed by atoms with Gasteiger partial charge >= 0.3 is 6.03 Å². The highest BCUT2D eigenvalue weighted by Crippen LogP contribution is 2.23. The molecule has 132 valence electrons. The molecule has 0 saturated carbocycles. The fourth-order valence-corrected chi connectivity index (χ4v) is 2.68. The average Bonchev–Trinajstić information content (AvgIpc) is 2.59. The van der Waals surface area contributed by atoms with Crippen molar-refractivity contribution in [2.75, 3.05) is 26.7 Å². The first-order chi connectivity index (χ1) is 12.2. The number of benzene rings is 1. The van der Waals surface area contributed by atoms with Gasteiger partial charge in [0.05, 0.1) is 20.2 Å². The van der Waals surface area contributed by atoms with Gasteiger partial charge in [0.25, 0.3) is 0 Å². The van der Waals surface area contributed by atoms with Crippen LogP contribution in [-0.4, -0.2) is 48.8 Å². The van der Waals surface area contributed by atoms with Crippen molar-refractivity contribution in [3.05, 3.63) is 53.2 Å². The SMILES string of the molecule is COc1ccc(CCNC(=O)N2CC(Oc3ncccc3Cl)C2)cc1. The fraction of sp³-hybridized carbons (Fsp3) is 0.333. The van der Waals surface area contributed by atoms with Gasteiger partial charge in [-0.25, -0.2) is 9.78 Å². The van der Waals surface area contributed by atoms with Gasteiger partial charge in [0, 0.05) is 12.7 Å². The Balaban J connectivity index is 1.36. The third kappa shape index (κ3) is 4.54. The zero-order chi connectivity index (χ0) is 17.6. The van der Waals surface area contributed by atoms with Crippen molar-refractivity contribution >= 4 is 17.6 Å². The van der Waals surface area contributed by atoms with Crippen molar-refractivity contribution in [2.24, 2.45) is 0 Å². The maximum atomic E-state index is 12.1. The van der Waals surface area contributed by atoms with Gasteiger partial charge in [0.15, 0.2) is 0 Å². The van der Waals surface area contributed by atoms with E-state index in [1.54, 1.807) is 30.3 Å². The van der Waals surface area contributed by atoms with Gasteiger partial charge in [-0.2, -0.15) is 0 Å². The molecule has 0 unspecified atom stereocenters. The molecule has 7 heteroatoms. The number of urea groups is 1. The topological polar surface area (TPSA) is 63.7 Å². The fourth-order valence-electron chi connectivity index (χ4n) is 2.51. The molecule has 0 spiro atoms. The number of ether oxygens (including phenoxy) is 2. The van der Waals surface area contributed by atoms with Gasteiger partial charge < -0.3 is 19.7 Å². The van der Waals surface area contributed by atoms with Gasteiger partial charge in [0.2, 0.25) is 5.88 Å². The summed E-state index contributed by atoms with van der Waals surface area (Å²) in [7, 11) is 1.64. The van der Waals surface area contributed by atoms with Crippen LogP contribution in [0, 0.1) is 0 Å². The highest BCUT2D eigenvalue weighted by molar-refractivity contribution is 6.31. The molecule has 2 heterocycles. The Morgan fingerprint density at radius 2 is 2.08 bits per heavy atom. The summed E-state index contributed by atoms with van der Waals surface area (Å²) in [6.45, 7) is 1.64. The number of aromatic nitrogens is 1. The van der Waals surface area contributed by atoms with Crippen LogP contribution in [0.1, 0.15) is 5.56 Å². The molecule has 25 heavy (non-hydrogen) atoms. The van der Waals surface area contributed by atoms with Crippen LogP contribution in [0.15, 0.2) is 42.6 Å². The molecule has 2 aromatic rings. The van der Waals surface area contributed by atoms with Crippen molar-refractivity contribution in [3.8, 4) is 11.6 Å². The maximum Gasteiger partial charge on any atom is 0.317 e. The van der Waals surface area contributed by atoms with Gasteiger partial charge in [-0.05, 0) is 36.2 Å². The lowest BCUT2D eigenvalue weighted by Crippen LogP contribution is -2.59. The van der Waals surface area contributed by atoms with E-state index in [1.807, 2.05) is 24.3 Å². The van der Waals surface area contributed by atoms with Crippen LogP contribution in [-0.2, 0) is 6.42 Å². The Morgan fingerprint density at radius 3 is 2.76 bits per heavy atom. The summed E-state index contributed by atoms with van der Waals surface area (Å²) in [6, 6.07) is 11.2. The van der Waals surface area contributed by atoms with Crippen LogP contribution in [0.4, 0.5) is 4.79 Å². The second kappa shape index (κ2) is 8.07. The Labute approximate surface area is 151 Å². The summed E-state index contributed by atoms with van der Waals surface area (Å²) < 4.78 is 10.8. The molecule has 1 aromatic carbocycles. The first-order valence-electron chi connectivity index (χ1n) is 8.08.